The first-order valence-electron chi connectivity index (χ1n) is 16.2. The van der Waals surface area contributed by atoms with Crippen LogP contribution in [0.5, 0.6) is 5.75 Å². The lowest BCUT2D eigenvalue weighted by Gasteiger charge is -2.39. The molecular weight excluding hydrogens is 565 g/mol. The minimum atomic E-state index is -1.34. The standard InChI is InChI=1S/C37H60O4Si2/c1-14-37(38,15-2)23-17-18-27(3)29-20-16-19-28(24-29)26-39-30-21-22-31(33(35(4,5)6)40-42(10)11)32(25-30)34(36(7,8)9)41-43(12)13/h16-25,33-34,38,42-43H,14-15,26H2,1-13H3/b23-17+,27-18+. The molecule has 0 heterocycles. The van der Waals surface area contributed by atoms with E-state index < -0.39 is 23.7 Å². The molecule has 0 bridgehead atoms. The summed E-state index contributed by atoms with van der Waals surface area (Å²) in [4.78, 5) is 0. The van der Waals surface area contributed by atoms with Crippen molar-refractivity contribution in [2.75, 3.05) is 0 Å². The number of rotatable bonds is 14. The maximum atomic E-state index is 10.6. The van der Waals surface area contributed by atoms with E-state index in [2.05, 4.69) is 123 Å². The maximum absolute atomic E-state index is 10.6. The van der Waals surface area contributed by atoms with Crippen LogP contribution in [0.4, 0.5) is 0 Å². The largest absolute Gasteiger partial charge is 0.489 e. The van der Waals surface area contributed by atoms with Gasteiger partial charge >= 0.3 is 0 Å². The first-order chi connectivity index (χ1) is 19.9. The molecular formula is C37H60O4Si2. The molecule has 43 heavy (non-hydrogen) atoms. The third kappa shape index (κ3) is 11.5. The highest BCUT2D eigenvalue weighted by Gasteiger charge is 2.36. The number of allylic oxidation sites excluding steroid dienone is 3. The van der Waals surface area contributed by atoms with Crippen LogP contribution in [0.15, 0.2) is 60.7 Å². The predicted octanol–water partition coefficient (Wildman–Crippen LogP) is 9.95. The second-order valence-electron chi connectivity index (χ2n) is 14.7. The van der Waals surface area contributed by atoms with Crippen LogP contribution < -0.4 is 4.74 Å². The molecule has 0 amide bonds. The van der Waals surface area contributed by atoms with Crippen LogP contribution in [-0.4, -0.2) is 28.8 Å². The van der Waals surface area contributed by atoms with Crippen LogP contribution in [0.25, 0.3) is 5.57 Å². The molecule has 0 spiro atoms. The average Bonchev–Trinajstić information content (AvgIpc) is 2.92. The first kappa shape index (κ1) is 37.2. The van der Waals surface area contributed by atoms with Crippen LogP contribution >= 0.6 is 0 Å². The summed E-state index contributed by atoms with van der Waals surface area (Å²) in [6.45, 7) is 29.1. The Bertz CT molecular complexity index is 1210. The molecule has 0 saturated heterocycles. The van der Waals surface area contributed by atoms with Gasteiger partial charge in [0.2, 0.25) is 0 Å². The lowest BCUT2D eigenvalue weighted by molar-refractivity contribution is 0.0653. The maximum Gasteiger partial charge on any atom is 0.171 e. The van der Waals surface area contributed by atoms with E-state index in [1.807, 2.05) is 26.0 Å². The van der Waals surface area contributed by atoms with Gasteiger partial charge in [0.25, 0.3) is 0 Å². The summed E-state index contributed by atoms with van der Waals surface area (Å²) >= 11 is 0. The number of hydrogen-bond donors (Lipinski definition) is 1. The van der Waals surface area contributed by atoms with E-state index in [4.69, 9.17) is 13.6 Å². The van der Waals surface area contributed by atoms with Gasteiger partial charge in [-0.2, -0.15) is 0 Å². The molecule has 4 nitrogen and oxygen atoms in total. The zero-order valence-corrected chi connectivity index (χ0v) is 31.7. The van der Waals surface area contributed by atoms with E-state index in [1.165, 1.54) is 11.1 Å². The highest BCUT2D eigenvalue weighted by molar-refractivity contribution is 6.48. The van der Waals surface area contributed by atoms with Crippen LogP contribution in [0.1, 0.15) is 110 Å². The quantitative estimate of drug-likeness (QED) is 0.168. The molecule has 0 aromatic heterocycles. The lowest BCUT2D eigenvalue weighted by atomic mass is 9.77. The Morgan fingerprint density at radius 2 is 1.37 bits per heavy atom. The van der Waals surface area contributed by atoms with Crippen molar-refractivity contribution >= 4 is 23.7 Å². The minimum absolute atomic E-state index is 0.0170. The second-order valence-corrected chi connectivity index (χ2v) is 19.4. The van der Waals surface area contributed by atoms with E-state index in [0.29, 0.717) is 19.4 Å². The van der Waals surface area contributed by atoms with Gasteiger partial charge in [0.15, 0.2) is 18.1 Å². The molecule has 2 aromatic rings. The molecule has 6 heteroatoms. The van der Waals surface area contributed by atoms with Crippen LogP contribution in [0, 0.1) is 10.8 Å². The monoisotopic (exact) mass is 624 g/mol. The summed E-state index contributed by atoms with van der Waals surface area (Å²) in [5.41, 5.74) is 4.90. The Kier molecular flexibility index (Phi) is 13.7. The SMILES string of the molecule is CCC(O)(/C=C/C=C(\C)c1cccc(COc2ccc(C(O[SiH](C)C)C(C)(C)C)c(C(O[SiH](C)C)C(C)(C)C)c2)c1)CC. The van der Waals surface area contributed by atoms with E-state index in [0.717, 1.165) is 22.4 Å². The molecule has 2 rings (SSSR count). The fraction of sp³-hybridized carbons (Fsp3) is 0.568. The molecule has 0 radical (unpaired) electrons. The van der Waals surface area contributed by atoms with Crippen LogP contribution in [-0.2, 0) is 15.5 Å². The Morgan fingerprint density at radius 1 is 0.814 bits per heavy atom. The topological polar surface area (TPSA) is 47.9 Å². The van der Waals surface area contributed by atoms with E-state index in [1.54, 1.807) is 0 Å². The molecule has 0 aliphatic rings. The molecule has 0 aliphatic heterocycles. The van der Waals surface area contributed by atoms with Crippen molar-refractivity contribution in [3.8, 4) is 5.75 Å². The first-order valence-corrected chi connectivity index (χ1v) is 21.7. The van der Waals surface area contributed by atoms with Crippen molar-refractivity contribution < 1.29 is 18.7 Å². The molecule has 2 unspecified atom stereocenters. The molecule has 0 saturated carbocycles. The second kappa shape index (κ2) is 15.9. The van der Waals surface area contributed by atoms with Gasteiger partial charge in [-0.1, -0.05) is 97.9 Å². The summed E-state index contributed by atoms with van der Waals surface area (Å²) in [6, 6.07) is 15.0. The normalized spacial score (nSPS) is 15.0. The highest BCUT2D eigenvalue weighted by atomic mass is 28.3. The molecule has 2 aromatic carbocycles. The van der Waals surface area contributed by atoms with Gasteiger partial charge in [-0.15, -0.1) is 0 Å². The fourth-order valence-electron chi connectivity index (χ4n) is 5.17. The van der Waals surface area contributed by atoms with E-state index in [9.17, 15) is 5.11 Å². The van der Waals surface area contributed by atoms with Gasteiger partial charge in [0.05, 0.1) is 17.8 Å². The highest BCUT2D eigenvalue weighted by Crippen LogP contribution is 2.46. The van der Waals surface area contributed by atoms with Crippen molar-refractivity contribution in [1.82, 2.24) is 0 Å². The van der Waals surface area contributed by atoms with Gasteiger partial charge < -0.3 is 18.7 Å². The third-order valence-electron chi connectivity index (χ3n) is 7.78. The van der Waals surface area contributed by atoms with Crippen molar-refractivity contribution in [2.45, 2.75) is 126 Å². The summed E-state index contributed by atoms with van der Waals surface area (Å²) in [6.07, 6.45) is 7.28. The Hall–Kier alpha value is -1.97. The molecule has 1 N–H and O–H groups in total. The van der Waals surface area contributed by atoms with Gasteiger partial charge in [0, 0.05) is 0 Å². The molecule has 240 valence electrons. The van der Waals surface area contributed by atoms with Crippen molar-refractivity contribution in [3.05, 3.63) is 82.9 Å². The number of benzene rings is 2. The Morgan fingerprint density at radius 3 is 1.88 bits per heavy atom. The Balaban J connectivity index is 2.44. The average molecular weight is 625 g/mol. The van der Waals surface area contributed by atoms with Crippen molar-refractivity contribution in [2.24, 2.45) is 10.8 Å². The lowest BCUT2D eigenvalue weighted by Crippen LogP contribution is -2.31. The molecule has 0 aliphatic carbocycles. The third-order valence-corrected chi connectivity index (χ3v) is 9.41. The van der Waals surface area contributed by atoms with Gasteiger partial charge in [-0.25, -0.2) is 0 Å². The summed E-state index contributed by atoms with van der Waals surface area (Å²) in [5, 5.41) is 10.6. The van der Waals surface area contributed by atoms with Gasteiger partial charge in [-0.3, -0.25) is 0 Å². The Labute approximate surface area is 267 Å². The zero-order valence-electron chi connectivity index (χ0n) is 29.4. The zero-order chi connectivity index (χ0) is 32.6. The van der Waals surface area contributed by atoms with Crippen LogP contribution in [0.2, 0.25) is 26.2 Å². The molecule has 2 atom stereocenters. The van der Waals surface area contributed by atoms with Crippen molar-refractivity contribution in [3.63, 3.8) is 0 Å². The van der Waals surface area contributed by atoms with E-state index >= 15 is 0 Å². The summed E-state index contributed by atoms with van der Waals surface area (Å²) in [7, 11) is -2.64. The molecule has 0 fully saturated rings. The minimum Gasteiger partial charge on any atom is -0.489 e. The fourth-order valence-corrected chi connectivity index (χ4v) is 7.37. The number of aliphatic hydroxyl groups is 1. The summed E-state index contributed by atoms with van der Waals surface area (Å²) in [5.74, 6) is 0.843. The van der Waals surface area contributed by atoms with Gasteiger partial charge in [-0.05, 0) is 103 Å². The predicted molar refractivity (Wildman–Crippen MR) is 190 cm³/mol. The smallest absolute Gasteiger partial charge is 0.171 e. The van der Waals surface area contributed by atoms with Gasteiger partial charge in [0.1, 0.15) is 12.4 Å². The van der Waals surface area contributed by atoms with E-state index in [-0.39, 0.29) is 23.0 Å². The summed E-state index contributed by atoms with van der Waals surface area (Å²) < 4.78 is 19.9. The van der Waals surface area contributed by atoms with Crippen LogP contribution in [0.3, 0.4) is 0 Å². The number of ether oxygens (including phenoxy) is 1. The van der Waals surface area contributed by atoms with Crippen molar-refractivity contribution in [1.29, 1.82) is 0 Å². The number of hydrogen-bond acceptors (Lipinski definition) is 4.